The Labute approximate surface area is 120 Å². The molecular formula is C15H23NO2S. The molecule has 0 aliphatic carbocycles. The highest BCUT2D eigenvalue weighted by atomic mass is 32.2. The van der Waals surface area contributed by atoms with E-state index in [1.807, 2.05) is 17.8 Å². The maximum Gasteiger partial charge on any atom is 0.162 e. The van der Waals surface area contributed by atoms with Crippen LogP contribution in [-0.2, 0) is 0 Å². The van der Waals surface area contributed by atoms with Gasteiger partial charge in [-0.05, 0) is 39.0 Å². The first-order chi connectivity index (χ1) is 8.94. The summed E-state index contributed by atoms with van der Waals surface area (Å²) in [6.07, 6.45) is 0. The van der Waals surface area contributed by atoms with Gasteiger partial charge in [-0.1, -0.05) is 6.92 Å². The van der Waals surface area contributed by atoms with Crippen LogP contribution in [0.25, 0.3) is 0 Å². The Hall–Kier alpha value is -0.870. The van der Waals surface area contributed by atoms with Crippen LogP contribution >= 0.6 is 11.8 Å². The third-order valence-electron chi connectivity index (χ3n) is 2.77. The van der Waals surface area contributed by atoms with E-state index < -0.39 is 0 Å². The summed E-state index contributed by atoms with van der Waals surface area (Å²) in [5.74, 6) is 1.73. The summed E-state index contributed by atoms with van der Waals surface area (Å²) in [7, 11) is 0. The molecular weight excluding hydrogens is 258 g/mol. The number of hydrogen-bond donors (Lipinski definition) is 1. The molecule has 1 aliphatic heterocycles. The maximum atomic E-state index is 5.61. The van der Waals surface area contributed by atoms with Crippen LogP contribution in [0.4, 0.5) is 0 Å². The molecule has 3 nitrogen and oxygen atoms in total. The van der Waals surface area contributed by atoms with E-state index in [0.29, 0.717) is 18.5 Å². The Morgan fingerprint density at radius 2 is 1.89 bits per heavy atom. The topological polar surface area (TPSA) is 30.5 Å². The smallest absolute Gasteiger partial charge is 0.162 e. The molecule has 106 valence electrons. The van der Waals surface area contributed by atoms with Crippen LogP contribution in [0.2, 0.25) is 0 Å². The molecule has 1 aromatic rings. The second kappa shape index (κ2) is 6.06. The average Bonchev–Trinajstić information content (AvgIpc) is 2.35. The van der Waals surface area contributed by atoms with E-state index in [0.717, 1.165) is 18.0 Å². The van der Waals surface area contributed by atoms with Crippen molar-refractivity contribution in [1.29, 1.82) is 0 Å². The minimum absolute atomic E-state index is 0.168. The lowest BCUT2D eigenvalue weighted by Gasteiger charge is -2.23. The van der Waals surface area contributed by atoms with Gasteiger partial charge in [-0.3, -0.25) is 0 Å². The predicted octanol–water partition coefficient (Wildman–Crippen LogP) is 3.33. The standard InChI is InChI=1S/C15H23NO2S/c1-11(10-16-15(2,3)4)19-12-5-6-13-14(9-12)18-8-7-17-13/h5-6,9,11,16H,7-8,10H2,1-4H3. The van der Waals surface area contributed by atoms with Crippen molar-refractivity contribution in [2.45, 2.75) is 43.4 Å². The number of thioether (sulfide) groups is 1. The molecule has 2 rings (SSSR count). The summed E-state index contributed by atoms with van der Waals surface area (Å²) in [6, 6.07) is 6.18. The second-order valence-corrected chi connectivity index (χ2v) is 7.38. The lowest BCUT2D eigenvalue weighted by atomic mass is 10.1. The van der Waals surface area contributed by atoms with Crippen LogP contribution in [-0.4, -0.2) is 30.5 Å². The van der Waals surface area contributed by atoms with Crippen molar-refractivity contribution in [3.8, 4) is 11.5 Å². The van der Waals surface area contributed by atoms with Crippen LogP contribution in [0.15, 0.2) is 23.1 Å². The monoisotopic (exact) mass is 281 g/mol. The van der Waals surface area contributed by atoms with E-state index >= 15 is 0 Å². The summed E-state index contributed by atoms with van der Waals surface area (Å²) in [5, 5.41) is 4.04. The zero-order valence-electron chi connectivity index (χ0n) is 12.2. The van der Waals surface area contributed by atoms with Gasteiger partial charge in [0.25, 0.3) is 0 Å². The van der Waals surface area contributed by atoms with Crippen LogP contribution in [0.1, 0.15) is 27.7 Å². The van der Waals surface area contributed by atoms with E-state index in [4.69, 9.17) is 9.47 Å². The van der Waals surface area contributed by atoms with Gasteiger partial charge in [0.2, 0.25) is 0 Å². The molecule has 1 atom stereocenters. The largest absolute Gasteiger partial charge is 0.486 e. The third-order valence-corrected chi connectivity index (χ3v) is 3.87. The first-order valence-corrected chi connectivity index (χ1v) is 7.63. The van der Waals surface area contributed by atoms with E-state index in [9.17, 15) is 0 Å². The van der Waals surface area contributed by atoms with Crippen LogP contribution in [0.3, 0.4) is 0 Å². The van der Waals surface area contributed by atoms with E-state index in [2.05, 4.69) is 45.1 Å². The van der Waals surface area contributed by atoms with Crippen LogP contribution in [0, 0.1) is 0 Å². The quantitative estimate of drug-likeness (QED) is 0.858. The summed E-state index contributed by atoms with van der Waals surface area (Å²) >= 11 is 1.86. The fourth-order valence-corrected chi connectivity index (χ4v) is 2.77. The maximum absolute atomic E-state index is 5.61. The molecule has 0 saturated carbocycles. The van der Waals surface area contributed by atoms with Gasteiger partial charge < -0.3 is 14.8 Å². The Morgan fingerprint density at radius 3 is 2.58 bits per heavy atom. The summed E-state index contributed by atoms with van der Waals surface area (Å²) in [5.41, 5.74) is 0.168. The molecule has 0 aromatic heterocycles. The number of rotatable bonds is 4. The van der Waals surface area contributed by atoms with Crippen molar-refractivity contribution >= 4 is 11.8 Å². The normalized spacial score (nSPS) is 16.2. The number of fused-ring (bicyclic) bond motifs is 1. The number of nitrogens with one attached hydrogen (secondary N) is 1. The molecule has 1 aromatic carbocycles. The molecule has 1 aliphatic rings. The van der Waals surface area contributed by atoms with Crippen molar-refractivity contribution in [2.24, 2.45) is 0 Å². The van der Waals surface area contributed by atoms with E-state index in [1.165, 1.54) is 4.90 Å². The van der Waals surface area contributed by atoms with E-state index in [-0.39, 0.29) is 5.54 Å². The van der Waals surface area contributed by atoms with Gasteiger partial charge in [0.15, 0.2) is 11.5 Å². The van der Waals surface area contributed by atoms with Crippen molar-refractivity contribution in [1.82, 2.24) is 5.32 Å². The first-order valence-electron chi connectivity index (χ1n) is 6.75. The van der Waals surface area contributed by atoms with Crippen molar-refractivity contribution in [3.05, 3.63) is 18.2 Å². The minimum Gasteiger partial charge on any atom is -0.486 e. The molecule has 0 amide bonds. The number of ether oxygens (including phenoxy) is 2. The molecule has 0 bridgehead atoms. The van der Waals surface area contributed by atoms with Crippen molar-refractivity contribution < 1.29 is 9.47 Å². The highest BCUT2D eigenvalue weighted by Gasteiger charge is 2.15. The Balaban J connectivity index is 1.92. The second-order valence-electron chi connectivity index (χ2n) is 5.86. The van der Waals surface area contributed by atoms with Crippen LogP contribution in [0.5, 0.6) is 11.5 Å². The third kappa shape index (κ3) is 4.62. The fraction of sp³-hybridized carbons (Fsp3) is 0.600. The molecule has 0 radical (unpaired) electrons. The zero-order chi connectivity index (χ0) is 13.9. The van der Waals surface area contributed by atoms with Gasteiger partial charge >= 0.3 is 0 Å². The molecule has 0 saturated heterocycles. The molecule has 0 fully saturated rings. The lowest BCUT2D eigenvalue weighted by molar-refractivity contribution is 0.171. The lowest BCUT2D eigenvalue weighted by Crippen LogP contribution is -2.39. The Morgan fingerprint density at radius 1 is 1.21 bits per heavy atom. The summed E-state index contributed by atoms with van der Waals surface area (Å²) in [4.78, 5) is 1.23. The van der Waals surface area contributed by atoms with Crippen molar-refractivity contribution in [3.63, 3.8) is 0 Å². The molecule has 1 N–H and O–H groups in total. The summed E-state index contributed by atoms with van der Waals surface area (Å²) < 4.78 is 11.1. The number of hydrogen-bond acceptors (Lipinski definition) is 4. The van der Waals surface area contributed by atoms with Gasteiger partial charge in [-0.25, -0.2) is 0 Å². The highest BCUT2D eigenvalue weighted by Crippen LogP contribution is 2.35. The molecule has 1 unspecified atom stereocenters. The molecule has 4 heteroatoms. The Bertz CT molecular complexity index is 429. The van der Waals surface area contributed by atoms with Gasteiger partial charge in [-0.15, -0.1) is 11.8 Å². The van der Waals surface area contributed by atoms with Crippen LogP contribution < -0.4 is 14.8 Å². The minimum atomic E-state index is 0.168. The van der Waals surface area contributed by atoms with Gasteiger partial charge in [0, 0.05) is 22.2 Å². The Kier molecular flexibility index (Phi) is 4.63. The van der Waals surface area contributed by atoms with Gasteiger partial charge in [-0.2, -0.15) is 0 Å². The highest BCUT2D eigenvalue weighted by molar-refractivity contribution is 8.00. The summed E-state index contributed by atoms with van der Waals surface area (Å²) in [6.45, 7) is 11.1. The first kappa shape index (κ1) is 14.5. The zero-order valence-corrected chi connectivity index (χ0v) is 13.0. The van der Waals surface area contributed by atoms with Gasteiger partial charge in [0.05, 0.1) is 0 Å². The molecule has 0 spiro atoms. The fourth-order valence-electron chi connectivity index (χ4n) is 1.82. The van der Waals surface area contributed by atoms with Crippen molar-refractivity contribution in [2.75, 3.05) is 19.8 Å². The molecule has 19 heavy (non-hydrogen) atoms. The average molecular weight is 281 g/mol. The predicted molar refractivity (Wildman–Crippen MR) is 80.5 cm³/mol. The van der Waals surface area contributed by atoms with Gasteiger partial charge in [0.1, 0.15) is 13.2 Å². The SMILES string of the molecule is CC(CNC(C)(C)C)Sc1ccc2c(c1)OCCO2. The number of benzene rings is 1. The van der Waals surface area contributed by atoms with E-state index in [1.54, 1.807) is 0 Å². The molecule has 1 heterocycles.